The lowest BCUT2D eigenvalue weighted by Gasteiger charge is -2.29. The molecule has 1 heterocycles. The molecule has 6 heteroatoms. The average molecular weight is 261 g/mol. The third-order valence-corrected chi connectivity index (χ3v) is 3.25. The summed E-state index contributed by atoms with van der Waals surface area (Å²) in [6.07, 6.45) is 1.97. The summed E-state index contributed by atoms with van der Waals surface area (Å²) in [7, 11) is 2.07. The summed E-state index contributed by atoms with van der Waals surface area (Å²) in [6.45, 7) is 1.95. The zero-order valence-electron chi connectivity index (χ0n) is 10.7. The van der Waals surface area contributed by atoms with E-state index in [9.17, 15) is 10.1 Å². The number of nitro groups is 1. The van der Waals surface area contributed by atoms with Gasteiger partial charge in [0.15, 0.2) is 0 Å². The van der Waals surface area contributed by atoms with E-state index in [-0.39, 0.29) is 17.4 Å². The minimum absolute atomic E-state index is 0.0374. The highest BCUT2D eigenvalue weighted by Crippen LogP contribution is 2.25. The number of rotatable bonds is 3. The third kappa shape index (κ3) is 3.20. The topological polar surface area (TPSA) is 79.4 Å². The molecule has 1 aliphatic heterocycles. The summed E-state index contributed by atoms with van der Waals surface area (Å²) in [5, 5.41) is 19.6. The van der Waals surface area contributed by atoms with Crippen LogP contribution in [0.3, 0.4) is 0 Å². The zero-order valence-corrected chi connectivity index (χ0v) is 10.7. The van der Waals surface area contributed by atoms with Crippen LogP contribution < -0.4 is 4.74 Å². The van der Waals surface area contributed by atoms with E-state index in [2.05, 4.69) is 11.9 Å². The van der Waals surface area contributed by atoms with Gasteiger partial charge >= 0.3 is 0 Å². The maximum atomic E-state index is 10.7. The molecule has 19 heavy (non-hydrogen) atoms. The molecule has 0 aliphatic carbocycles. The molecule has 0 amide bonds. The summed E-state index contributed by atoms with van der Waals surface area (Å²) < 4.78 is 5.78. The smallest absolute Gasteiger partial charge is 0.287 e. The Hall–Kier alpha value is -2.13. The van der Waals surface area contributed by atoms with Gasteiger partial charge < -0.3 is 9.64 Å². The van der Waals surface area contributed by atoms with Gasteiger partial charge in [0.25, 0.3) is 5.69 Å². The van der Waals surface area contributed by atoms with Crippen molar-refractivity contribution in [1.82, 2.24) is 4.90 Å². The van der Waals surface area contributed by atoms with Gasteiger partial charge in [0.05, 0.1) is 4.92 Å². The van der Waals surface area contributed by atoms with Gasteiger partial charge in [-0.2, -0.15) is 5.26 Å². The number of ether oxygens (including phenoxy) is 1. The average Bonchev–Trinajstić information content (AvgIpc) is 2.41. The van der Waals surface area contributed by atoms with Crippen LogP contribution in [-0.4, -0.2) is 36.1 Å². The normalized spacial score (nSPS) is 16.8. The van der Waals surface area contributed by atoms with Crippen molar-refractivity contribution in [3.63, 3.8) is 0 Å². The van der Waals surface area contributed by atoms with E-state index < -0.39 is 4.92 Å². The Bertz CT molecular complexity index is 516. The summed E-state index contributed by atoms with van der Waals surface area (Å²) in [5.41, 5.74) is -0.145. The van der Waals surface area contributed by atoms with Gasteiger partial charge in [-0.15, -0.1) is 0 Å². The molecule has 1 fully saturated rings. The molecule has 2 rings (SSSR count). The summed E-state index contributed by atoms with van der Waals surface area (Å²) in [4.78, 5) is 12.4. The third-order valence-electron chi connectivity index (χ3n) is 3.25. The van der Waals surface area contributed by atoms with Crippen LogP contribution in [0.15, 0.2) is 18.2 Å². The first-order valence-corrected chi connectivity index (χ1v) is 6.14. The van der Waals surface area contributed by atoms with Crippen LogP contribution in [0.1, 0.15) is 18.4 Å². The van der Waals surface area contributed by atoms with Crippen molar-refractivity contribution in [1.29, 1.82) is 5.26 Å². The van der Waals surface area contributed by atoms with E-state index in [1.54, 1.807) is 6.07 Å². The lowest BCUT2D eigenvalue weighted by Crippen LogP contribution is -2.35. The molecule has 0 spiro atoms. The molecular formula is C13H15N3O3. The molecule has 0 atom stereocenters. The maximum absolute atomic E-state index is 10.7. The Morgan fingerprint density at radius 2 is 2.16 bits per heavy atom. The number of nitrogens with zero attached hydrogens (tertiary/aromatic N) is 3. The van der Waals surface area contributed by atoms with Crippen molar-refractivity contribution in [2.45, 2.75) is 18.9 Å². The minimum Gasteiger partial charge on any atom is -0.490 e. The Labute approximate surface area is 111 Å². The van der Waals surface area contributed by atoms with Crippen LogP contribution in [0.2, 0.25) is 0 Å². The van der Waals surface area contributed by atoms with Crippen LogP contribution in [0.5, 0.6) is 5.75 Å². The molecule has 0 bridgehead atoms. The lowest BCUT2D eigenvalue weighted by atomic mass is 10.1. The number of likely N-dealkylation sites (tertiary alicyclic amines) is 1. The predicted octanol–water partition coefficient (Wildman–Crippen LogP) is 1.94. The maximum Gasteiger partial charge on any atom is 0.287 e. The highest BCUT2D eigenvalue weighted by Gasteiger charge is 2.20. The number of piperidine rings is 1. The molecule has 0 N–H and O–H groups in total. The Morgan fingerprint density at radius 3 is 2.74 bits per heavy atom. The van der Waals surface area contributed by atoms with E-state index in [1.807, 2.05) is 6.07 Å². The second-order valence-corrected chi connectivity index (χ2v) is 4.67. The van der Waals surface area contributed by atoms with Gasteiger partial charge in [-0.1, -0.05) is 0 Å². The first-order valence-electron chi connectivity index (χ1n) is 6.14. The van der Waals surface area contributed by atoms with Crippen molar-refractivity contribution in [2.24, 2.45) is 0 Å². The first kappa shape index (κ1) is 13.3. The van der Waals surface area contributed by atoms with Gasteiger partial charge in [-0.05, 0) is 26.0 Å². The second-order valence-electron chi connectivity index (χ2n) is 4.67. The van der Waals surface area contributed by atoms with Gasteiger partial charge in [0, 0.05) is 25.2 Å². The van der Waals surface area contributed by atoms with E-state index in [4.69, 9.17) is 10.00 Å². The molecule has 1 saturated heterocycles. The number of nitro benzene ring substituents is 1. The fourth-order valence-corrected chi connectivity index (χ4v) is 2.13. The van der Waals surface area contributed by atoms with Gasteiger partial charge in [-0.25, -0.2) is 0 Å². The molecule has 1 aliphatic rings. The van der Waals surface area contributed by atoms with E-state index in [0.717, 1.165) is 25.9 Å². The van der Waals surface area contributed by atoms with Gasteiger partial charge in [0.2, 0.25) is 0 Å². The van der Waals surface area contributed by atoms with Crippen LogP contribution in [0.4, 0.5) is 5.69 Å². The summed E-state index contributed by atoms with van der Waals surface area (Å²) >= 11 is 0. The van der Waals surface area contributed by atoms with Gasteiger partial charge in [-0.3, -0.25) is 10.1 Å². The standard InChI is InChI=1S/C13H15N3O3/c1-15-6-4-11(5-7-15)19-12-2-3-13(16(17)18)10(8-12)9-14/h2-3,8,11H,4-7H2,1H3. The van der Waals surface area contributed by atoms with E-state index in [0.29, 0.717) is 5.75 Å². The lowest BCUT2D eigenvalue weighted by molar-refractivity contribution is -0.385. The summed E-state index contributed by atoms with van der Waals surface area (Å²) in [5.74, 6) is 0.525. The highest BCUT2D eigenvalue weighted by atomic mass is 16.6. The Kier molecular flexibility index (Phi) is 3.97. The largest absolute Gasteiger partial charge is 0.490 e. The molecule has 1 aromatic carbocycles. The molecule has 6 nitrogen and oxygen atoms in total. The number of hydrogen-bond donors (Lipinski definition) is 0. The molecule has 1 aromatic rings. The number of benzene rings is 1. The highest BCUT2D eigenvalue weighted by molar-refractivity contribution is 5.52. The molecule has 0 radical (unpaired) electrons. The van der Waals surface area contributed by atoms with Crippen molar-refractivity contribution in [2.75, 3.05) is 20.1 Å². The van der Waals surface area contributed by atoms with Crippen LogP contribution >= 0.6 is 0 Å². The Morgan fingerprint density at radius 1 is 1.47 bits per heavy atom. The van der Waals surface area contributed by atoms with Crippen molar-refractivity contribution in [3.8, 4) is 11.8 Å². The van der Waals surface area contributed by atoms with Crippen LogP contribution in [0, 0.1) is 21.4 Å². The van der Waals surface area contributed by atoms with Crippen molar-refractivity contribution < 1.29 is 9.66 Å². The van der Waals surface area contributed by atoms with Crippen LogP contribution in [0.25, 0.3) is 0 Å². The van der Waals surface area contributed by atoms with Crippen molar-refractivity contribution >= 4 is 5.69 Å². The fraction of sp³-hybridized carbons (Fsp3) is 0.462. The predicted molar refractivity (Wildman–Crippen MR) is 69.0 cm³/mol. The van der Waals surface area contributed by atoms with E-state index >= 15 is 0 Å². The SMILES string of the molecule is CN1CCC(Oc2ccc([N+](=O)[O-])c(C#N)c2)CC1. The number of nitriles is 1. The molecule has 0 aromatic heterocycles. The summed E-state index contributed by atoms with van der Waals surface area (Å²) in [6, 6.07) is 6.15. The minimum atomic E-state index is -0.558. The molecule has 0 saturated carbocycles. The second kappa shape index (κ2) is 5.67. The van der Waals surface area contributed by atoms with Gasteiger partial charge in [0.1, 0.15) is 23.5 Å². The first-order chi connectivity index (χ1) is 9.10. The fourth-order valence-electron chi connectivity index (χ4n) is 2.13. The molecular weight excluding hydrogens is 246 g/mol. The number of hydrogen-bond acceptors (Lipinski definition) is 5. The monoisotopic (exact) mass is 261 g/mol. The quantitative estimate of drug-likeness (QED) is 0.613. The molecule has 0 unspecified atom stereocenters. The van der Waals surface area contributed by atoms with Crippen LogP contribution in [-0.2, 0) is 0 Å². The van der Waals surface area contributed by atoms with E-state index in [1.165, 1.54) is 12.1 Å². The Balaban J connectivity index is 2.09. The molecule has 100 valence electrons. The zero-order chi connectivity index (χ0) is 13.8. The van der Waals surface area contributed by atoms with Crippen molar-refractivity contribution in [3.05, 3.63) is 33.9 Å².